The average Bonchev–Trinajstić information content (AvgIpc) is 2.85. The molecule has 0 radical (unpaired) electrons. The highest BCUT2D eigenvalue weighted by atomic mass is 32.1. The lowest BCUT2D eigenvalue weighted by atomic mass is 10.1. The fraction of sp³-hybridized carbons (Fsp3) is 0.263. The van der Waals surface area contributed by atoms with Crippen molar-refractivity contribution in [1.82, 2.24) is 10.2 Å². The minimum absolute atomic E-state index is 0.0790. The summed E-state index contributed by atoms with van der Waals surface area (Å²) in [6, 6.07) is 14.3. The van der Waals surface area contributed by atoms with E-state index in [9.17, 15) is 4.79 Å². The van der Waals surface area contributed by atoms with Gasteiger partial charge in [0.25, 0.3) is 5.91 Å². The molecule has 5 heteroatoms. The molecule has 1 aliphatic rings. The molecule has 1 amide bonds. The Morgan fingerprint density at radius 3 is 2.79 bits per heavy atom. The van der Waals surface area contributed by atoms with Gasteiger partial charge >= 0.3 is 0 Å². The van der Waals surface area contributed by atoms with Crippen LogP contribution in [0, 0.1) is 0 Å². The van der Waals surface area contributed by atoms with Crippen LogP contribution in [-0.2, 0) is 9.53 Å². The summed E-state index contributed by atoms with van der Waals surface area (Å²) in [5, 5.41) is 5.81. The molecule has 3 rings (SSSR count). The van der Waals surface area contributed by atoms with E-state index in [4.69, 9.17) is 17.0 Å². The number of fused-ring (bicyclic) bond motifs is 1. The summed E-state index contributed by atoms with van der Waals surface area (Å²) in [6.07, 6.45) is 2.62. The molecular weight excluding hydrogens is 320 g/mol. The predicted octanol–water partition coefficient (Wildman–Crippen LogP) is 3.32. The molecule has 0 spiro atoms. The number of carbonyl (C=O) groups excluding carboxylic acids is 1. The molecule has 0 aliphatic carbocycles. The Labute approximate surface area is 147 Å². The van der Waals surface area contributed by atoms with Crippen molar-refractivity contribution in [2.75, 3.05) is 19.8 Å². The SMILES string of the molecule is CCOCCCN1C(=O)C(=Cc2ccc3ccccc3c2)NC1=S. The Morgan fingerprint density at radius 2 is 2.00 bits per heavy atom. The number of nitrogens with one attached hydrogen (secondary N) is 1. The van der Waals surface area contributed by atoms with Gasteiger partial charge in [0.05, 0.1) is 0 Å². The number of hydrogen-bond acceptors (Lipinski definition) is 3. The van der Waals surface area contributed by atoms with Crippen molar-refractivity contribution in [2.24, 2.45) is 0 Å². The molecular formula is C19H20N2O2S. The second-order valence-corrected chi connectivity index (χ2v) is 5.99. The minimum Gasteiger partial charge on any atom is -0.382 e. The maximum absolute atomic E-state index is 12.5. The van der Waals surface area contributed by atoms with Crippen molar-refractivity contribution >= 4 is 40.1 Å². The van der Waals surface area contributed by atoms with E-state index in [-0.39, 0.29) is 5.91 Å². The highest BCUT2D eigenvalue weighted by Crippen LogP contribution is 2.19. The third-order valence-corrected chi connectivity index (χ3v) is 4.24. The van der Waals surface area contributed by atoms with Crippen molar-refractivity contribution in [3.05, 3.63) is 53.7 Å². The molecule has 124 valence electrons. The molecule has 0 bridgehead atoms. The first-order valence-electron chi connectivity index (χ1n) is 8.10. The normalized spacial score (nSPS) is 16.2. The lowest BCUT2D eigenvalue weighted by Crippen LogP contribution is -2.32. The number of rotatable bonds is 6. The van der Waals surface area contributed by atoms with Gasteiger partial charge in [-0.3, -0.25) is 9.69 Å². The zero-order valence-electron chi connectivity index (χ0n) is 13.6. The van der Waals surface area contributed by atoms with Gasteiger partial charge in [0.15, 0.2) is 5.11 Å². The maximum Gasteiger partial charge on any atom is 0.276 e. The van der Waals surface area contributed by atoms with E-state index in [2.05, 4.69) is 29.6 Å². The monoisotopic (exact) mass is 340 g/mol. The van der Waals surface area contributed by atoms with Gasteiger partial charge in [0.2, 0.25) is 0 Å². The predicted molar refractivity (Wildman–Crippen MR) is 100 cm³/mol. The Balaban J connectivity index is 1.74. The van der Waals surface area contributed by atoms with Gasteiger partial charge in [-0.15, -0.1) is 0 Å². The van der Waals surface area contributed by atoms with Gasteiger partial charge in [-0.25, -0.2) is 0 Å². The van der Waals surface area contributed by atoms with Gasteiger partial charge in [-0.2, -0.15) is 0 Å². The standard InChI is InChI=1S/C19H20N2O2S/c1-2-23-11-5-10-21-18(22)17(20-19(21)24)13-14-8-9-15-6-3-4-7-16(15)12-14/h3-4,6-9,12-13H,2,5,10-11H2,1H3,(H,20,24). The molecule has 1 N–H and O–H groups in total. The summed E-state index contributed by atoms with van der Waals surface area (Å²) in [5.74, 6) is -0.0790. The van der Waals surface area contributed by atoms with Crippen molar-refractivity contribution in [1.29, 1.82) is 0 Å². The van der Waals surface area contributed by atoms with E-state index in [1.165, 1.54) is 5.39 Å². The number of hydrogen-bond donors (Lipinski definition) is 1. The first-order valence-corrected chi connectivity index (χ1v) is 8.51. The average molecular weight is 340 g/mol. The topological polar surface area (TPSA) is 41.6 Å². The van der Waals surface area contributed by atoms with Crippen LogP contribution >= 0.6 is 12.2 Å². The van der Waals surface area contributed by atoms with Crippen LogP contribution in [0.1, 0.15) is 18.9 Å². The van der Waals surface area contributed by atoms with E-state index < -0.39 is 0 Å². The highest BCUT2D eigenvalue weighted by molar-refractivity contribution is 7.80. The second-order valence-electron chi connectivity index (χ2n) is 5.60. The van der Waals surface area contributed by atoms with Crippen LogP contribution in [0.3, 0.4) is 0 Å². The fourth-order valence-corrected chi connectivity index (χ4v) is 2.99. The van der Waals surface area contributed by atoms with Crippen LogP contribution in [-0.4, -0.2) is 35.7 Å². The molecule has 4 nitrogen and oxygen atoms in total. The quantitative estimate of drug-likeness (QED) is 0.498. The van der Waals surface area contributed by atoms with Crippen molar-refractivity contribution in [3.8, 4) is 0 Å². The summed E-state index contributed by atoms with van der Waals surface area (Å²) in [7, 11) is 0. The van der Waals surface area contributed by atoms with Gasteiger partial charge in [-0.1, -0.05) is 36.4 Å². The Hall–Kier alpha value is -2.24. The molecule has 2 aromatic rings. The maximum atomic E-state index is 12.5. The number of benzene rings is 2. The number of nitrogens with zero attached hydrogens (tertiary/aromatic N) is 1. The Bertz CT molecular complexity index is 801. The van der Waals surface area contributed by atoms with Crippen LogP contribution in [0.15, 0.2) is 48.2 Å². The molecule has 24 heavy (non-hydrogen) atoms. The molecule has 2 aromatic carbocycles. The van der Waals surface area contributed by atoms with E-state index in [0.717, 1.165) is 17.4 Å². The molecule has 1 saturated heterocycles. The van der Waals surface area contributed by atoms with Crippen LogP contribution in [0.2, 0.25) is 0 Å². The fourth-order valence-electron chi connectivity index (χ4n) is 2.71. The molecule has 1 heterocycles. The second kappa shape index (κ2) is 7.55. The van der Waals surface area contributed by atoms with Crippen LogP contribution < -0.4 is 5.32 Å². The van der Waals surface area contributed by atoms with Crippen molar-refractivity contribution in [2.45, 2.75) is 13.3 Å². The molecule has 1 aliphatic heterocycles. The molecule has 0 saturated carbocycles. The third-order valence-electron chi connectivity index (χ3n) is 3.92. The van der Waals surface area contributed by atoms with Crippen LogP contribution in [0.25, 0.3) is 16.8 Å². The first-order chi connectivity index (χ1) is 11.7. The van der Waals surface area contributed by atoms with Gasteiger partial charge in [-0.05, 0) is 54.0 Å². The third kappa shape index (κ3) is 3.63. The Morgan fingerprint density at radius 1 is 1.21 bits per heavy atom. The summed E-state index contributed by atoms with van der Waals surface area (Å²) in [4.78, 5) is 14.1. The van der Waals surface area contributed by atoms with Crippen LogP contribution in [0.5, 0.6) is 0 Å². The van der Waals surface area contributed by atoms with Gasteiger partial charge < -0.3 is 10.1 Å². The number of amides is 1. The van der Waals surface area contributed by atoms with Gasteiger partial charge in [0, 0.05) is 19.8 Å². The first kappa shape index (κ1) is 16.6. The van der Waals surface area contributed by atoms with Crippen LogP contribution in [0.4, 0.5) is 0 Å². The lowest BCUT2D eigenvalue weighted by Gasteiger charge is -2.13. The zero-order valence-corrected chi connectivity index (χ0v) is 14.4. The number of ether oxygens (including phenoxy) is 1. The Kier molecular flexibility index (Phi) is 5.23. The lowest BCUT2D eigenvalue weighted by molar-refractivity contribution is -0.122. The molecule has 0 atom stereocenters. The summed E-state index contributed by atoms with van der Waals surface area (Å²) in [5.41, 5.74) is 1.50. The number of thiocarbonyl (C=S) groups is 1. The smallest absolute Gasteiger partial charge is 0.276 e. The summed E-state index contributed by atoms with van der Waals surface area (Å²) in [6.45, 7) is 3.84. The van der Waals surface area contributed by atoms with Crippen molar-refractivity contribution < 1.29 is 9.53 Å². The highest BCUT2D eigenvalue weighted by Gasteiger charge is 2.29. The van der Waals surface area contributed by atoms with E-state index in [1.807, 2.05) is 31.2 Å². The molecule has 0 unspecified atom stereocenters. The van der Waals surface area contributed by atoms with E-state index in [0.29, 0.717) is 30.6 Å². The van der Waals surface area contributed by atoms with Crippen molar-refractivity contribution in [3.63, 3.8) is 0 Å². The van der Waals surface area contributed by atoms with E-state index in [1.54, 1.807) is 4.90 Å². The molecule has 0 aromatic heterocycles. The van der Waals surface area contributed by atoms with Gasteiger partial charge in [0.1, 0.15) is 5.70 Å². The summed E-state index contributed by atoms with van der Waals surface area (Å²) >= 11 is 5.28. The number of carbonyl (C=O) groups is 1. The molecule has 1 fully saturated rings. The zero-order chi connectivity index (χ0) is 16.9. The summed E-state index contributed by atoms with van der Waals surface area (Å²) < 4.78 is 5.31. The minimum atomic E-state index is -0.0790. The largest absolute Gasteiger partial charge is 0.382 e. The van der Waals surface area contributed by atoms with E-state index >= 15 is 0 Å².